The average molecular weight is 303 g/mol. The zero-order valence-electron chi connectivity index (χ0n) is 13.4. The fraction of sp³-hybridized carbons (Fsp3) is 0.412. The summed E-state index contributed by atoms with van der Waals surface area (Å²) in [6, 6.07) is 7.39. The van der Waals surface area contributed by atoms with E-state index in [9.17, 15) is 9.59 Å². The molecule has 1 amide bonds. The van der Waals surface area contributed by atoms with E-state index >= 15 is 0 Å². The molecule has 118 valence electrons. The molecule has 0 fully saturated rings. The minimum atomic E-state index is -0.501. The number of ether oxygens (including phenoxy) is 2. The van der Waals surface area contributed by atoms with Gasteiger partial charge in [-0.2, -0.15) is 0 Å². The molecule has 0 radical (unpaired) electrons. The standard InChI is InChI=1S/C17H21NO4/c1-17(2,3)16(20)18-14-8-6-5-7-11(14)12-9-22-10-13(12)15(19)21-4/h5-8H,9-10H2,1-4H3,(H,18,20). The van der Waals surface area contributed by atoms with Crippen LogP contribution in [-0.2, 0) is 19.1 Å². The van der Waals surface area contributed by atoms with Crippen LogP contribution in [0.2, 0.25) is 0 Å². The Morgan fingerprint density at radius 3 is 2.50 bits per heavy atom. The van der Waals surface area contributed by atoms with Gasteiger partial charge >= 0.3 is 5.97 Å². The molecular weight excluding hydrogens is 282 g/mol. The van der Waals surface area contributed by atoms with E-state index in [2.05, 4.69) is 5.32 Å². The van der Waals surface area contributed by atoms with Crippen LogP contribution in [0.1, 0.15) is 26.3 Å². The molecule has 0 atom stereocenters. The van der Waals surface area contributed by atoms with Gasteiger partial charge < -0.3 is 14.8 Å². The van der Waals surface area contributed by atoms with Gasteiger partial charge in [-0.05, 0) is 11.6 Å². The molecule has 1 heterocycles. The SMILES string of the molecule is COC(=O)C1=C(c2ccccc2NC(=O)C(C)(C)C)COC1. The molecule has 2 rings (SSSR count). The second-order valence-electron chi connectivity index (χ2n) is 6.19. The number of hydrogen-bond donors (Lipinski definition) is 1. The van der Waals surface area contributed by atoms with Crippen LogP contribution in [0.25, 0.3) is 5.57 Å². The van der Waals surface area contributed by atoms with Gasteiger partial charge in [-0.3, -0.25) is 4.79 Å². The second kappa shape index (κ2) is 6.32. The van der Waals surface area contributed by atoms with Crippen LogP contribution >= 0.6 is 0 Å². The van der Waals surface area contributed by atoms with Crippen LogP contribution in [-0.4, -0.2) is 32.2 Å². The number of amides is 1. The lowest BCUT2D eigenvalue weighted by Gasteiger charge is -2.19. The van der Waals surface area contributed by atoms with Gasteiger partial charge in [-0.25, -0.2) is 4.79 Å². The molecule has 22 heavy (non-hydrogen) atoms. The lowest BCUT2D eigenvalue weighted by molar-refractivity contribution is -0.136. The van der Waals surface area contributed by atoms with E-state index in [1.54, 1.807) is 0 Å². The number of benzene rings is 1. The average Bonchev–Trinajstić information content (AvgIpc) is 2.95. The highest BCUT2D eigenvalue weighted by molar-refractivity contribution is 6.03. The molecule has 1 aromatic rings. The van der Waals surface area contributed by atoms with E-state index in [0.717, 1.165) is 11.1 Å². The van der Waals surface area contributed by atoms with Gasteiger partial charge in [0.05, 0.1) is 25.9 Å². The Kier molecular flexibility index (Phi) is 4.66. The van der Waals surface area contributed by atoms with Crippen molar-refractivity contribution in [2.75, 3.05) is 25.6 Å². The summed E-state index contributed by atoms with van der Waals surface area (Å²) in [6.07, 6.45) is 0. The van der Waals surface area contributed by atoms with Crippen molar-refractivity contribution >= 4 is 23.1 Å². The molecule has 0 saturated heterocycles. The minimum Gasteiger partial charge on any atom is -0.466 e. The first-order valence-corrected chi connectivity index (χ1v) is 7.13. The maximum absolute atomic E-state index is 12.2. The van der Waals surface area contributed by atoms with E-state index in [1.165, 1.54) is 7.11 Å². The molecule has 0 saturated carbocycles. The molecule has 1 aliphatic rings. The highest BCUT2D eigenvalue weighted by Gasteiger charge is 2.27. The predicted molar refractivity (Wildman–Crippen MR) is 84.3 cm³/mol. The smallest absolute Gasteiger partial charge is 0.336 e. The molecule has 0 aliphatic carbocycles. The van der Waals surface area contributed by atoms with Crippen LogP contribution in [0.3, 0.4) is 0 Å². The Morgan fingerprint density at radius 2 is 1.86 bits per heavy atom. The van der Waals surface area contributed by atoms with Gasteiger partial charge in [0.1, 0.15) is 0 Å². The maximum atomic E-state index is 12.2. The number of para-hydroxylation sites is 1. The normalized spacial score (nSPS) is 14.9. The van der Waals surface area contributed by atoms with Crippen molar-refractivity contribution in [3.63, 3.8) is 0 Å². The zero-order chi connectivity index (χ0) is 16.3. The van der Waals surface area contributed by atoms with E-state index in [-0.39, 0.29) is 12.5 Å². The summed E-state index contributed by atoms with van der Waals surface area (Å²) in [5.74, 6) is -0.483. The van der Waals surface area contributed by atoms with E-state index in [0.29, 0.717) is 17.9 Å². The lowest BCUT2D eigenvalue weighted by Crippen LogP contribution is -2.28. The third-order valence-corrected chi connectivity index (χ3v) is 3.47. The summed E-state index contributed by atoms with van der Waals surface area (Å²) in [6.45, 7) is 6.10. The molecule has 0 spiro atoms. The van der Waals surface area contributed by atoms with Gasteiger partial charge in [0.15, 0.2) is 0 Å². The molecule has 1 aromatic carbocycles. The minimum absolute atomic E-state index is 0.0842. The quantitative estimate of drug-likeness (QED) is 0.872. The van der Waals surface area contributed by atoms with Crippen LogP contribution in [0.15, 0.2) is 29.8 Å². The second-order valence-corrected chi connectivity index (χ2v) is 6.19. The molecule has 1 N–H and O–H groups in total. The fourth-order valence-electron chi connectivity index (χ4n) is 2.14. The van der Waals surface area contributed by atoms with Crippen LogP contribution in [0.4, 0.5) is 5.69 Å². The largest absolute Gasteiger partial charge is 0.466 e. The maximum Gasteiger partial charge on any atom is 0.336 e. The molecule has 1 aliphatic heterocycles. The Labute approximate surface area is 130 Å². The number of nitrogens with one attached hydrogen (secondary N) is 1. The summed E-state index contributed by atoms with van der Waals surface area (Å²) in [4.78, 5) is 24.1. The Morgan fingerprint density at radius 1 is 1.18 bits per heavy atom. The first-order chi connectivity index (χ1) is 10.3. The number of methoxy groups -OCH3 is 1. The highest BCUT2D eigenvalue weighted by Crippen LogP contribution is 2.31. The van der Waals surface area contributed by atoms with Crippen molar-refractivity contribution in [1.29, 1.82) is 0 Å². The van der Waals surface area contributed by atoms with Crippen molar-refractivity contribution in [2.24, 2.45) is 5.41 Å². The summed E-state index contributed by atoms with van der Waals surface area (Å²) < 4.78 is 10.2. The van der Waals surface area contributed by atoms with Gasteiger partial charge in [0, 0.05) is 16.7 Å². The first-order valence-electron chi connectivity index (χ1n) is 7.13. The monoisotopic (exact) mass is 303 g/mol. The van der Waals surface area contributed by atoms with Crippen LogP contribution < -0.4 is 5.32 Å². The molecule has 0 aromatic heterocycles. The van der Waals surface area contributed by atoms with Crippen molar-refractivity contribution in [3.05, 3.63) is 35.4 Å². The third kappa shape index (κ3) is 3.36. The number of rotatable bonds is 3. The molecule has 5 heteroatoms. The number of carbonyl (C=O) groups excluding carboxylic acids is 2. The lowest BCUT2D eigenvalue weighted by atomic mass is 9.94. The Hall–Kier alpha value is -2.14. The summed E-state index contributed by atoms with van der Waals surface area (Å²) in [5, 5.41) is 2.92. The van der Waals surface area contributed by atoms with Crippen molar-refractivity contribution in [2.45, 2.75) is 20.8 Å². The predicted octanol–water partition coefficient (Wildman–Crippen LogP) is 2.63. The van der Waals surface area contributed by atoms with Gasteiger partial charge in [0.2, 0.25) is 5.91 Å². The number of anilines is 1. The first kappa shape index (κ1) is 16.2. The Balaban J connectivity index is 2.41. The van der Waals surface area contributed by atoms with Crippen molar-refractivity contribution < 1.29 is 19.1 Å². The van der Waals surface area contributed by atoms with Crippen LogP contribution in [0, 0.1) is 5.41 Å². The third-order valence-electron chi connectivity index (χ3n) is 3.47. The topological polar surface area (TPSA) is 64.6 Å². The van der Waals surface area contributed by atoms with Crippen LogP contribution in [0.5, 0.6) is 0 Å². The summed E-state index contributed by atoms with van der Waals surface area (Å²) >= 11 is 0. The van der Waals surface area contributed by atoms with E-state index in [4.69, 9.17) is 9.47 Å². The van der Waals surface area contributed by atoms with Crippen molar-refractivity contribution in [1.82, 2.24) is 0 Å². The fourth-order valence-corrected chi connectivity index (χ4v) is 2.14. The summed E-state index contributed by atoms with van der Waals surface area (Å²) in [7, 11) is 1.35. The number of hydrogen-bond acceptors (Lipinski definition) is 4. The molecule has 0 bridgehead atoms. The van der Waals surface area contributed by atoms with Gasteiger partial charge in [-0.1, -0.05) is 39.0 Å². The Bertz CT molecular complexity index is 626. The van der Waals surface area contributed by atoms with E-state index < -0.39 is 11.4 Å². The van der Waals surface area contributed by atoms with Gasteiger partial charge in [0.25, 0.3) is 0 Å². The highest BCUT2D eigenvalue weighted by atomic mass is 16.5. The molecule has 0 unspecified atom stereocenters. The molecule has 5 nitrogen and oxygen atoms in total. The summed E-state index contributed by atoms with van der Waals surface area (Å²) in [5.41, 5.74) is 2.22. The zero-order valence-corrected chi connectivity index (χ0v) is 13.4. The van der Waals surface area contributed by atoms with E-state index in [1.807, 2.05) is 45.0 Å². The number of carbonyl (C=O) groups is 2. The van der Waals surface area contributed by atoms with Gasteiger partial charge in [-0.15, -0.1) is 0 Å². The molecular formula is C17H21NO4. The van der Waals surface area contributed by atoms with Crippen molar-refractivity contribution in [3.8, 4) is 0 Å². The number of esters is 1.